The summed E-state index contributed by atoms with van der Waals surface area (Å²) in [5, 5.41) is 6.79. The maximum Gasteiger partial charge on any atom is 0.343 e. The molecule has 0 spiro atoms. The predicted octanol–water partition coefficient (Wildman–Crippen LogP) is 5.71. The second kappa shape index (κ2) is 14.0. The van der Waals surface area contributed by atoms with E-state index in [1.165, 1.54) is 39.7 Å². The number of carbonyl (C=O) groups is 3. The number of hydrogen-bond donors (Lipinski definition) is 2. The monoisotopic (exact) mass is 631 g/mol. The number of nitrogens with one attached hydrogen (secondary N) is 2. The second-order valence-corrected chi connectivity index (χ2v) is 9.50. The minimum Gasteiger partial charge on any atom is -0.493 e. The summed E-state index contributed by atoms with van der Waals surface area (Å²) >= 11 is 3.39. The normalized spacial score (nSPS) is 10.6. The molecule has 0 radical (unpaired) electrons. The van der Waals surface area contributed by atoms with Gasteiger partial charge in [0.2, 0.25) is 5.75 Å². The first-order valence-electron chi connectivity index (χ1n) is 12.4. The van der Waals surface area contributed by atoms with Crippen LogP contribution >= 0.6 is 15.9 Å². The van der Waals surface area contributed by atoms with Crippen molar-refractivity contribution >= 4 is 45.6 Å². The Morgan fingerprint density at radius 1 is 0.714 bits per heavy atom. The third-order valence-corrected chi connectivity index (χ3v) is 6.38. The Bertz CT molecular complexity index is 1600. The number of hydrazone groups is 1. The highest BCUT2D eigenvalue weighted by atomic mass is 79.9. The Kier molecular flexibility index (Phi) is 9.90. The Labute approximate surface area is 250 Å². The van der Waals surface area contributed by atoms with E-state index in [1.807, 2.05) is 0 Å². The van der Waals surface area contributed by atoms with Gasteiger partial charge in [-0.25, -0.2) is 10.2 Å². The van der Waals surface area contributed by atoms with Crippen LogP contribution in [0, 0.1) is 0 Å². The van der Waals surface area contributed by atoms with Crippen molar-refractivity contribution in [3.8, 4) is 23.0 Å². The average molecular weight is 632 g/mol. The number of methoxy groups -OCH3 is 3. The van der Waals surface area contributed by atoms with Crippen LogP contribution in [-0.4, -0.2) is 45.3 Å². The molecule has 4 aromatic rings. The second-order valence-electron chi connectivity index (χ2n) is 8.58. The van der Waals surface area contributed by atoms with E-state index in [0.29, 0.717) is 45.2 Å². The molecular weight excluding hydrogens is 606 g/mol. The minimum absolute atomic E-state index is 0.275. The van der Waals surface area contributed by atoms with Crippen molar-refractivity contribution in [1.82, 2.24) is 5.43 Å². The first-order valence-corrected chi connectivity index (χ1v) is 13.2. The molecule has 0 aromatic heterocycles. The van der Waals surface area contributed by atoms with Gasteiger partial charge in [-0.15, -0.1) is 0 Å². The summed E-state index contributed by atoms with van der Waals surface area (Å²) < 4.78 is 22.2. The number of ether oxygens (including phenoxy) is 4. The predicted molar refractivity (Wildman–Crippen MR) is 161 cm³/mol. The van der Waals surface area contributed by atoms with E-state index in [1.54, 1.807) is 72.8 Å². The van der Waals surface area contributed by atoms with Gasteiger partial charge >= 0.3 is 5.97 Å². The lowest BCUT2D eigenvalue weighted by Crippen LogP contribution is -2.18. The van der Waals surface area contributed by atoms with Crippen molar-refractivity contribution in [3.05, 3.63) is 112 Å². The number of rotatable bonds is 10. The van der Waals surface area contributed by atoms with Crippen LogP contribution in [0.25, 0.3) is 0 Å². The fraction of sp³-hybridized carbons (Fsp3) is 0.0968. The van der Waals surface area contributed by atoms with E-state index in [2.05, 4.69) is 31.8 Å². The Balaban J connectivity index is 1.40. The summed E-state index contributed by atoms with van der Waals surface area (Å²) in [6.45, 7) is 0. The maximum atomic E-state index is 12.8. The van der Waals surface area contributed by atoms with Crippen molar-refractivity contribution < 1.29 is 33.3 Å². The molecule has 11 heteroatoms. The van der Waals surface area contributed by atoms with E-state index in [9.17, 15) is 14.4 Å². The lowest BCUT2D eigenvalue weighted by atomic mass is 10.1. The van der Waals surface area contributed by atoms with Gasteiger partial charge in [-0.05, 0) is 66.7 Å². The molecule has 10 nitrogen and oxygen atoms in total. The van der Waals surface area contributed by atoms with Crippen molar-refractivity contribution in [3.63, 3.8) is 0 Å². The molecule has 0 saturated carbocycles. The van der Waals surface area contributed by atoms with Gasteiger partial charge in [0.05, 0.1) is 33.1 Å². The van der Waals surface area contributed by atoms with Crippen molar-refractivity contribution in [2.75, 3.05) is 26.6 Å². The number of hydrogen-bond acceptors (Lipinski definition) is 8. The summed E-state index contributed by atoms with van der Waals surface area (Å²) in [5.41, 5.74) is 4.39. The molecule has 42 heavy (non-hydrogen) atoms. The number of carbonyl (C=O) groups excluding carboxylic acids is 3. The fourth-order valence-electron chi connectivity index (χ4n) is 3.79. The topological polar surface area (TPSA) is 125 Å². The molecule has 0 atom stereocenters. The molecule has 4 aromatic carbocycles. The van der Waals surface area contributed by atoms with Crippen LogP contribution < -0.4 is 29.7 Å². The summed E-state index contributed by atoms with van der Waals surface area (Å²) in [6, 6.07) is 23.0. The highest BCUT2D eigenvalue weighted by Crippen LogP contribution is 2.38. The van der Waals surface area contributed by atoms with Gasteiger partial charge < -0.3 is 24.3 Å². The Morgan fingerprint density at radius 3 is 2.00 bits per heavy atom. The number of anilines is 1. The van der Waals surface area contributed by atoms with Crippen LogP contribution in [0.4, 0.5) is 5.69 Å². The number of esters is 1. The highest BCUT2D eigenvalue weighted by Gasteiger charge is 2.17. The molecule has 214 valence electrons. The van der Waals surface area contributed by atoms with E-state index in [-0.39, 0.29) is 5.75 Å². The zero-order chi connectivity index (χ0) is 30.1. The molecule has 0 heterocycles. The fourth-order valence-corrected chi connectivity index (χ4v) is 4.17. The summed E-state index contributed by atoms with van der Waals surface area (Å²) in [5.74, 6) is -0.0663. The van der Waals surface area contributed by atoms with Gasteiger partial charge in [-0.2, -0.15) is 5.10 Å². The molecular formula is C31H26BrN3O7. The van der Waals surface area contributed by atoms with Crippen LogP contribution in [0.3, 0.4) is 0 Å². The van der Waals surface area contributed by atoms with Gasteiger partial charge in [-0.3, -0.25) is 9.59 Å². The largest absolute Gasteiger partial charge is 0.493 e. The van der Waals surface area contributed by atoms with Gasteiger partial charge in [0.25, 0.3) is 11.8 Å². The van der Waals surface area contributed by atoms with Crippen LogP contribution in [0.2, 0.25) is 0 Å². The lowest BCUT2D eigenvalue weighted by Gasteiger charge is -2.14. The summed E-state index contributed by atoms with van der Waals surface area (Å²) in [7, 11) is 4.40. The molecule has 2 N–H and O–H groups in total. The number of amides is 2. The zero-order valence-electron chi connectivity index (χ0n) is 22.8. The van der Waals surface area contributed by atoms with Crippen molar-refractivity contribution in [2.45, 2.75) is 0 Å². The Hall–Kier alpha value is -5.16. The molecule has 0 saturated heterocycles. The third-order valence-electron chi connectivity index (χ3n) is 5.89. The third kappa shape index (κ3) is 7.32. The number of nitrogens with zero attached hydrogens (tertiary/aromatic N) is 1. The van der Waals surface area contributed by atoms with Crippen LogP contribution in [-0.2, 0) is 0 Å². The molecule has 0 unspecified atom stereocenters. The quantitative estimate of drug-likeness (QED) is 0.0994. The van der Waals surface area contributed by atoms with Crippen molar-refractivity contribution in [2.24, 2.45) is 5.10 Å². The lowest BCUT2D eigenvalue weighted by molar-refractivity contribution is 0.0733. The molecule has 0 aliphatic rings. The first-order chi connectivity index (χ1) is 20.3. The summed E-state index contributed by atoms with van der Waals surface area (Å²) in [4.78, 5) is 38.0. The average Bonchev–Trinajstić information content (AvgIpc) is 3.02. The van der Waals surface area contributed by atoms with Gasteiger partial charge in [0, 0.05) is 26.9 Å². The molecule has 0 fully saturated rings. The van der Waals surface area contributed by atoms with Crippen molar-refractivity contribution in [1.29, 1.82) is 0 Å². The molecule has 4 rings (SSSR count). The van der Waals surface area contributed by atoms with Gasteiger partial charge in [0.1, 0.15) is 5.75 Å². The van der Waals surface area contributed by atoms with Gasteiger partial charge in [0.15, 0.2) is 11.5 Å². The SMILES string of the molecule is COc1cc(C(=O)Nc2ccc(C(=O)N/N=C\c3cc(Br)ccc3OC(=O)c3ccccc3)cc2)cc(OC)c1OC. The maximum absolute atomic E-state index is 12.8. The number of halogens is 1. The van der Waals surface area contributed by atoms with Gasteiger partial charge in [-0.1, -0.05) is 34.1 Å². The van der Waals surface area contributed by atoms with Crippen LogP contribution in [0.1, 0.15) is 36.6 Å². The molecule has 0 aliphatic heterocycles. The van der Waals surface area contributed by atoms with E-state index < -0.39 is 17.8 Å². The molecule has 2 amide bonds. The molecule has 0 bridgehead atoms. The minimum atomic E-state index is -0.519. The van der Waals surface area contributed by atoms with E-state index >= 15 is 0 Å². The van der Waals surface area contributed by atoms with Crippen LogP contribution in [0.5, 0.6) is 23.0 Å². The zero-order valence-corrected chi connectivity index (χ0v) is 24.4. The first kappa shape index (κ1) is 29.8. The number of benzene rings is 4. The Morgan fingerprint density at radius 2 is 1.38 bits per heavy atom. The summed E-state index contributed by atoms with van der Waals surface area (Å²) in [6.07, 6.45) is 1.38. The van der Waals surface area contributed by atoms with E-state index in [4.69, 9.17) is 18.9 Å². The highest BCUT2D eigenvalue weighted by molar-refractivity contribution is 9.10. The molecule has 0 aliphatic carbocycles. The van der Waals surface area contributed by atoms with E-state index in [0.717, 1.165) is 4.47 Å². The standard InChI is InChI=1S/C31H26BrN3O7/c1-39-26-16-21(17-27(40-2)28(26)41-3)29(36)34-24-12-9-19(10-13-24)30(37)35-33-18-22-15-23(32)11-14-25(22)42-31(38)20-7-5-4-6-8-20/h4-18H,1-3H3,(H,34,36)(H,35,37)/b33-18-. The smallest absolute Gasteiger partial charge is 0.343 e. The van der Waals surface area contributed by atoms with Crippen LogP contribution in [0.15, 0.2) is 94.5 Å².